The maximum Gasteiger partial charge on any atom is 0.306 e. The summed E-state index contributed by atoms with van der Waals surface area (Å²) in [7, 11) is 0. The van der Waals surface area contributed by atoms with Crippen LogP contribution in [-0.2, 0) is 28.6 Å². The van der Waals surface area contributed by atoms with Crippen LogP contribution in [0.3, 0.4) is 0 Å². The highest BCUT2D eigenvalue weighted by Crippen LogP contribution is 2.16. The minimum atomic E-state index is -0.759. The van der Waals surface area contributed by atoms with Crippen molar-refractivity contribution < 1.29 is 28.6 Å². The molecule has 0 unspecified atom stereocenters. The van der Waals surface area contributed by atoms with Crippen LogP contribution in [0.2, 0.25) is 0 Å². The van der Waals surface area contributed by atoms with E-state index in [9.17, 15) is 14.4 Å². The average Bonchev–Trinajstić information content (AvgIpc) is 3.11. The van der Waals surface area contributed by atoms with Gasteiger partial charge in [-0.05, 0) is 31.1 Å². The number of hydrogen-bond acceptors (Lipinski definition) is 6. The van der Waals surface area contributed by atoms with Crippen LogP contribution in [0.15, 0.2) is 0 Å². The van der Waals surface area contributed by atoms with Gasteiger partial charge in [-0.2, -0.15) is 0 Å². The molecule has 0 fully saturated rings. The van der Waals surface area contributed by atoms with Crippen LogP contribution >= 0.6 is 0 Å². The summed E-state index contributed by atoms with van der Waals surface area (Å²) in [6, 6.07) is 0. The summed E-state index contributed by atoms with van der Waals surface area (Å²) >= 11 is 0. The van der Waals surface area contributed by atoms with Gasteiger partial charge in [-0.1, -0.05) is 208 Å². The Morgan fingerprint density at radius 1 is 0.365 bits per heavy atom. The Hall–Kier alpha value is -1.59. The first-order valence-corrected chi connectivity index (χ1v) is 22.7. The standard InChI is InChI=1S/C46H88O6/c1-6-7-8-9-19-26-31-36-44(47)50-39-43(40-51-45(48)37-32-27-22-18-17-21-25-30-35-42(4)5)52-46(49)38-33-28-23-16-14-12-10-11-13-15-20-24-29-34-41(2)3/h41-43H,6-40H2,1-5H3/t43-/m0/s1. The van der Waals surface area contributed by atoms with Gasteiger partial charge in [0.25, 0.3) is 0 Å². The number of ether oxygens (including phenoxy) is 3. The molecule has 308 valence electrons. The van der Waals surface area contributed by atoms with Gasteiger partial charge >= 0.3 is 17.9 Å². The Morgan fingerprint density at radius 3 is 0.942 bits per heavy atom. The van der Waals surface area contributed by atoms with E-state index < -0.39 is 6.10 Å². The highest BCUT2D eigenvalue weighted by molar-refractivity contribution is 5.71. The highest BCUT2D eigenvalue weighted by Gasteiger charge is 2.19. The smallest absolute Gasteiger partial charge is 0.306 e. The minimum Gasteiger partial charge on any atom is -0.462 e. The van der Waals surface area contributed by atoms with Crippen molar-refractivity contribution in [2.75, 3.05) is 13.2 Å². The van der Waals surface area contributed by atoms with Gasteiger partial charge in [0.05, 0.1) is 0 Å². The molecule has 0 radical (unpaired) electrons. The molecule has 0 rings (SSSR count). The molecule has 0 aliphatic rings. The lowest BCUT2D eigenvalue weighted by Gasteiger charge is -2.18. The molecule has 0 saturated heterocycles. The van der Waals surface area contributed by atoms with Gasteiger partial charge < -0.3 is 14.2 Å². The Morgan fingerprint density at radius 2 is 0.635 bits per heavy atom. The molecule has 52 heavy (non-hydrogen) atoms. The number of carbonyl (C=O) groups excluding carboxylic acids is 3. The van der Waals surface area contributed by atoms with E-state index in [1.807, 2.05) is 0 Å². The fourth-order valence-electron chi connectivity index (χ4n) is 6.75. The van der Waals surface area contributed by atoms with E-state index in [1.165, 1.54) is 135 Å². The Kier molecular flexibility index (Phi) is 37.9. The molecule has 1 atom stereocenters. The molecule has 0 aliphatic heterocycles. The zero-order chi connectivity index (χ0) is 38.3. The predicted molar refractivity (Wildman–Crippen MR) is 220 cm³/mol. The van der Waals surface area contributed by atoms with Gasteiger partial charge in [-0.15, -0.1) is 0 Å². The first-order valence-electron chi connectivity index (χ1n) is 22.7. The number of carbonyl (C=O) groups is 3. The quantitative estimate of drug-likeness (QED) is 0.0354. The molecule has 0 N–H and O–H groups in total. The van der Waals surface area contributed by atoms with Crippen molar-refractivity contribution in [1.29, 1.82) is 0 Å². The normalized spacial score (nSPS) is 12.1. The lowest BCUT2D eigenvalue weighted by molar-refractivity contribution is -0.167. The zero-order valence-electron chi connectivity index (χ0n) is 35.4. The highest BCUT2D eigenvalue weighted by atomic mass is 16.6. The Bertz CT molecular complexity index is 794. The molecule has 0 aromatic heterocycles. The molecule has 0 saturated carbocycles. The van der Waals surface area contributed by atoms with Crippen molar-refractivity contribution in [3.05, 3.63) is 0 Å². The van der Waals surface area contributed by atoms with Crippen LogP contribution in [0, 0.1) is 11.8 Å². The van der Waals surface area contributed by atoms with Gasteiger partial charge in [0.2, 0.25) is 0 Å². The molecule has 0 spiro atoms. The molecular weight excluding hydrogens is 649 g/mol. The van der Waals surface area contributed by atoms with Gasteiger partial charge in [0.15, 0.2) is 6.10 Å². The van der Waals surface area contributed by atoms with Crippen LogP contribution in [0.5, 0.6) is 0 Å². The van der Waals surface area contributed by atoms with Gasteiger partial charge in [-0.25, -0.2) is 0 Å². The fraction of sp³-hybridized carbons (Fsp3) is 0.935. The van der Waals surface area contributed by atoms with Crippen molar-refractivity contribution in [1.82, 2.24) is 0 Å². The second kappa shape index (κ2) is 39.1. The lowest BCUT2D eigenvalue weighted by Crippen LogP contribution is -2.30. The molecule has 0 aromatic carbocycles. The molecule has 6 nitrogen and oxygen atoms in total. The predicted octanol–water partition coefficient (Wildman–Crippen LogP) is 14.2. The van der Waals surface area contributed by atoms with Crippen molar-refractivity contribution in [3.8, 4) is 0 Å². The molecule has 0 heterocycles. The lowest BCUT2D eigenvalue weighted by atomic mass is 10.0. The molecular formula is C46H88O6. The Labute approximate surface area is 323 Å². The summed E-state index contributed by atoms with van der Waals surface area (Å²) in [6.45, 7) is 11.3. The SMILES string of the molecule is CCCCCCCCCC(=O)OC[C@@H](COC(=O)CCCCCCCCCCC(C)C)OC(=O)CCCCCCCCCCCCCCCC(C)C. The Balaban J connectivity index is 4.26. The second-order valence-corrected chi connectivity index (χ2v) is 16.6. The van der Waals surface area contributed by atoms with Crippen molar-refractivity contribution in [2.24, 2.45) is 11.8 Å². The monoisotopic (exact) mass is 737 g/mol. The maximum atomic E-state index is 12.7. The van der Waals surface area contributed by atoms with Crippen molar-refractivity contribution in [2.45, 2.75) is 253 Å². The van der Waals surface area contributed by atoms with Gasteiger partial charge in [0, 0.05) is 19.3 Å². The van der Waals surface area contributed by atoms with E-state index in [1.54, 1.807) is 0 Å². The van der Waals surface area contributed by atoms with Crippen LogP contribution < -0.4 is 0 Å². The van der Waals surface area contributed by atoms with Crippen LogP contribution in [0.4, 0.5) is 0 Å². The minimum absolute atomic E-state index is 0.0657. The summed E-state index contributed by atoms with van der Waals surface area (Å²) in [4.78, 5) is 37.6. The summed E-state index contributed by atoms with van der Waals surface area (Å²) in [5, 5.41) is 0. The van der Waals surface area contributed by atoms with E-state index in [0.29, 0.717) is 19.3 Å². The molecule has 0 aromatic rings. The third-order valence-corrected chi connectivity index (χ3v) is 10.2. The number of esters is 3. The van der Waals surface area contributed by atoms with Crippen LogP contribution in [0.1, 0.15) is 247 Å². The number of unbranched alkanes of at least 4 members (excludes halogenated alkanes) is 25. The van der Waals surface area contributed by atoms with Crippen LogP contribution in [-0.4, -0.2) is 37.2 Å². The second-order valence-electron chi connectivity index (χ2n) is 16.6. The van der Waals surface area contributed by atoms with Crippen LogP contribution in [0.25, 0.3) is 0 Å². The maximum absolute atomic E-state index is 12.7. The third kappa shape index (κ3) is 39.6. The molecule has 0 amide bonds. The molecule has 0 bridgehead atoms. The number of hydrogen-bond donors (Lipinski definition) is 0. The van der Waals surface area contributed by atoms with E-state index in [-0.39, 0.29) is 31.1 Å². The largest absolute Gasteiger partial charge is 0.462 e. The average molecular weight is 737 g/mol. The van der Waals surface area contributed by atoms with E-state index in [0.717, 1.165) is 69.6 Å². The number of rotatable bonds is 40. The van der Waals surface area contributed by atoms with Gasteiger partial charge in [-0.3, -0.25) is 14.4 Å². The molecule has 0 aliphatic carbocycles. The topological polar surface area (TPSA) is 78.9 Å². The van der Waals surface area contributed by atoms with E-state index in [4.69, 9.17) is 14.2 Å². The zero-order valence-corrected chi connectivity index (χ0v) is 35.4. The fourth-order valence-corrected chi connectivity index (χ4v) is 6.75. The van der Waals surface area contributed by atoms with E-state index in [2.05, 4.69) is 34.6 Å². The first-order chi connectivity index (χ1) is 25.2. The third-order valence-electron chi connectivity index (χ3n) is 10.2. The summed E-state index contributed by atoms with van der Waals surface area (Å²) < 4.78 is 16.7. The van der Waals surface area contributed by atoms with E-state index >= 15 is 0 Å². The summed E-state index contributed by atoms with van der Waals surface area (Å²) in [6.07, 6.45) is 36.7. The summed E-state index contributed by atoms with van der Waals surface area (Å²) in [5.74, 6) is 0.770. The van der Waals surface area contributed by atoms with Gasteiger partial charge in [0.1, 0.15) is 13.2 Å². The van der Waals surface area contributed by atoms with Crippen molar-refractivity contribution >= 4 is 17.9 Å². The van der Waals surface area contributed by atoms with Crippen molar-refractivity contribution in [3.63, 3.8) is 0 Å². The first kappa shape index (κ1) is 50.4. The summed E-state index contributed by atoms with van der Waals surface area (Å²) in [5.41, 5.74) is 0. The molecule has 6 heteroatoms.